The first-order valence-corrected chi connectivity index (χ1v) is 14.4. The molecule has 39 heavy (non-hydrogen) atoms. The number of hydrogen-bond acceptors (Lipinski definition) is 5. The molecule has 208 valence electrons. The molecule has 0 heterocycles. The highest BCUT2D eigenvalue weighted by atomic mass is 35.5. The summed E-state index contributed by atoms with van der Waals surface area (Å²) in [7, 11) is -2.65. The van der Waals surface area contributed by atoms with Crippen LogP contribution in [0.2, 0.25) is 10.0 Å². The minimum atomic E-state index is -4.15. The lowest BCUT2D eigenvalue weighted by Crippen LogP contribution is -2.52. The van der Waals surface area contributed by atoms with Crippen molar-refractivity contribution in [3.8, 4) is 5.75 Å². The number of anilines is 1. The van der Waals surface area contributed by atoms with Crippen molar-refractivity contribution < 1.29 is 22.7 Å². The van der Waals surface area contributed by atoms with Crippen molar-refractivity contribution in [2.24, 2.45) is 0 Å². The summed E-state index contributed by atoms with van der Waals surface area (Å²) in [6.45, 7) is 4.61. The molecule has 0 aliphatic heterocycles. The highest BCUT2D eigenvalue weighted by Gasteiger charge is 2.33. The standard InChI is InChI=1S/C28H31Cl2N3O5S/c1-19(2)31-28(35)20(3)32(17-21-10-11-22(29)16-26(21)30)27(34)18-33(23-12-14-24(38-4)15-13-23)39(36,37)25-8-6-5-7-9-25/h5-16,19-20H,17-18H2,1-4H3,(H,31,35). The Labute approximate surface area is 239 Å². The Kier molecular flexibility index (Phi) is 10.2. The van der Waals surface area contributed by atoms with Gasteiger partial charge in [0, 0.05) is 22.6 Å². The number of halogens is 2. The monoisotopic (exact) mass is 591 g/mol. The Balaban J connectivity index is 2.04. The number of carbonyl (C=O) groups is 2. The van der Waals surface area contributed by atoms with E-state index < -0.39 is 28.5 Å². The summed E-state index contributed by atoms with van der Waals surface area (Å²) in [4.78, 5) is 28.2. The summed E-state index contributed by atoms with van der Waals surface area (Å²) in [5, 5.41) is 3.55. The summed E-state index contributed by atoms with van der Waals surface area (Å²) in [5.74, 6) is -0.451. The first-order valence-electron chi connectivity index (χ1n) is 12.2. The van der Waals surface area contributed by atoms with Crippen molar-refractivity contribution in [2.75, 3.05) is 18.0 Å². The Morgan fingerprint density at radius 2 is 1.59 bits per heavy atom. The molecule has 0 fully saturated rings. The van der Waals surface area contributed by atoms with Gasteiger partial charge < -0.3 is 15.0 Å². The van der Waals surface area contributed by atoms with Gasteiger partial charge in [0.05, 0.1) is 17.7 Å². The minimum Gasteiger partial charge on any atom is -0.497 e. The van der Waals surface area contributed by atoms with Gasteiger partial charge in [0.15, 0.2) is 0 Å². The maximum absolute atomic E-state index is 13.9. The van der Waals surface area contributed by atoms with Crippen LogP contribution in [0.4, 0.5) is 5.69 Å². The number of amides is 2. The van der Waals surface area contributed by atoms with Crippen molar-refractivity contribution >= 4 is 50.7 Å². The molecule has 0 aliphatic carbocycles. The predicted octanol–water partition coefficient (Wildman–Crippen LogP) is 5.14. The molecular formula is C28H31Cl2N3O5S. The molecule has 0 saturated carbocycles. The smallest absolute Gasteiger partial charge is 0.264 e. The third kappa shape index (κ3) is 7.65. The van der Waals surface area contributed by atoms with Crippen LogP contribution in [0.5, 0.6) is 5.75 Å². The van der Waals surface area contributed by atoms with Gasteiger partial charge >= 0.3 is 0 Å². The van der Waals surface area contributed by atoms with Gasteiger partial charge in [-0.25, -0.2) is 8.42 Å². The Bertz CT molecular complexity index is 1400. The first-order chi connectivity index (χ1) is 18.4. The SMILES string of the molecule is COc1ccc(N(CC(=O)N(Cc2ccc(Cl)cc2Cl)C(C)C(=O)NC(C)C)S(=O)(=O)c2ccccc2)cc1. The molecular weight excluding hydrogens is 561 g/mol. The average molecular weight is 593 g/mol. The molecule has 0 spiro atoms. The highest BCUT2D eigenvalue weighted by Crippen LogP contribution is 2.27. The van der Waals surface area contributed by atoms with E-state index >= 15 is 0 Å². The zero-order chi connectivity index (χ0) is 28.7. The fourth-order valence-electron chi connectivity index (χ4n) is 3.82. The number of hydrogen-bond donors (Lipinski definition) is 1. The second-order valence-electron chi connectivity index (χ2n) is 9.12. The van der Waals surface area contributed by atoms with Crippen LogP contribution in [0.15, 0.2) is 77.7 Å². The number of methoxy groups -OCH3 is 1. The fraction of sp³-hybridized carbons (Fsp3) is 0.286. The van der Waals surface area contributed by atoms with Crippen molar-refractivity contribution in [3.05, 3.63) is 88.4 Å². The molecule has 0 aliphatic rings. The normalized spacial score (nSPS) is 12.1. The van der Waals surface area contributed by atoms with E-state index in [1.54, 1.807) is 67.6 Å². The molecule has 3 aromatic carbocycles. The second kappa shape index (κ2) is 13.2. The largest absolute Gasteiger partial charge is 0.497 e. The number of nitrogens with zero attached hydrogens (tertiary/aromatic N) is 2. The maximum atomic E-state index is 13.9. The van der Waals surface area contributed by atoms with Gasteiger partial charge in [-0.15, -0.1) is 0 Å². The van der Waals surface area contributed by atoms with Crippen LogP contribution in [0.25, 0.3) is 0 Å². The van der Waals surface area contributed by atoms with Crippen LogP contribution in [-0.2, 0) is 26.2 Å². The molecule has 8 nitrogen and oxygen atoms in total. The lowest BCUT2D eigenvalue weighted by Gasteiger charge is -2.32. The third-order valence-electron chi connectivity index (χ3n) is 5.92. The summed E-state index contributed by atoms with van der Waals surface area (Å²) in [6, 6.07) is 17.9. The van der Waals surface area contributed by atoms with Gasteiger partial charge in [-0.3, -0.25) is 13.9 Å². The quantitative estimate of drug-likeness (QED) is 0.333. The average Bonchev–Trinajstić information content (AvgIpc) is 2.91. The van der Waals surface area contributed by atoms with Crippen LogP contribution in [0.1, 0.15) is 26.3 Å². The minimum absolute atomic E-state index is 0.0199. The number of carbonyl (C=O) groups excluding carboxylic acids is 2. The molecule has 3 rings (SSSR count). The number of benzene rings is 3. The maximum Gasteiger partial charge on any atom is 0.264 e. The Morgan fingerprint density at radius 3 is 2.15 bits per heavy atom. The Hall–Kier alpha value is -3.27. The van der Waals surface area contributed by atoms with Crippen LogP contribution in [0.3, 0.4) is 0 Å². The van der Waals surface area contributed by atoms with Gasteiger partial charge in [0.1, 0.15) is 18.3 Å². The van der Waals surface area contributed by atoms with Gasteiger partial charge in [-0.05, 0) is 74.9 Å². The zero-order valence-corrected chi connectivity index (χ0v) is 24.4. The molecule has 0 radical (unpaired) electrons. The molecule has 0 saturated heterocycles. The molecule has 3 aromatic rings. The van der Waals surface area contributed by atoms with E-state index in [2.05, 4.69) is 5.32 Å². The zero-order valence-electron chi connectivity index (χ0n) is 22.1. The van der Waals surface area contributed by atoms with E-state index in [0.717, 1.165) is 4.31 Å². The van der Waals surface area contributed by atoms with E-state index in [-0.39, 0.29) is 29.1 Å². The lowest BCUT2D eigenvalue weighted by atomic mass is 10.1. The van der Waals surface area contributed by atoms with Crippen molar-refractivity contribution in [2.45, 2.75) is 44.3 Å². The third-order valence-corrected chi connectivity index (χ3v) is 8.30. The van der Waals surface area contributed by atoms with E-state index in [1.807, 2.05) is 13.8 Å². The number of rotatable bonds is 11. The van der Waals surface area contributed by atoms with Gasteiger partial charge in [-0.1, -0.05) is 47.5 Å². The summed E-state index contributed by atoms with van der Waals surface area (Å²) in [6.07, 6.45) is 0. The van der Waals surface area contributed by atoms with Gasteiger partial charge in [0.25, 0.3) is 10.0 Å². The molecule has 2 amide bonds. The second-order valence-corrected chi connectivity index (χ2v) is 11.8. The van der Waals surface area contributed by atoms with Crippen molar-refractivity contribution in [1.82, 2.24) is 10.2 Å². The van der Waals surface area contributed by atoms with E-state index in [9.17, 15) is 18.0 Å². The van der Waals surface area contributed by atoms with Crippen LogP contribution in [0, 0.1) is 0 Å². The Morgan fingerprint density at radius 1 is 0.949 bits per heavy atom. The number of ether oxygens (including phenoxy) is 1. The van der Waals surface area contributed by atoms with Crippen molar-refractivity contribution in [1.29, 1.82) is 0 Å². The summed E-state index contributed by atoms with van der Waals surface area (Å²) in [5.41, 5.74) is 0.817. The van der Waals surface area contributed by atoms with Crippen LogP contribution >= 0.6 is 23.2 Å². The lowest BCUT2D eigenvalue weighted by molar-refractivity contribution is -0.139. The molecule has 11 heteroatoms. The summed E-state index contributed by atoms with van der Waals surface area (Å²) < 4.78 is 33.7. The molecule has 1 N–H and O–H groups in total. The van der Waals surface area contributed by atoms with Crippen molar-refractivity contribution in [3.63, 3.8) is 0 Å². The molecule has 0 aromatic heterocycles. The fourth-order valence-corrected chi connectivity index (χ4v) is 5.72. The topological polar surface area (TPSA) is 96.0 Å². The van der Waals surface area contributed by atoms with Gasteiger partial charge in [0.2, 0.25) is 11.8 Å². The summed E-state index contributed by atoms with van der Waals surface area (Å²) >= 11 is 12.4. The number of sulfonamides is 1. The molecule has 0 bridgehead atoms. The van der Waals surface area contributed by atoms with Crippen LogP contribution < -0.4 is 14.4 Å². The number of nitrogens with one attached hydrogen (secondary N) is 1. The molecule has 1 unspecified atom stereocenters. The highest BCUT2D eigenvalue weighted by molar-refractivity contribution is 7.92. The molecule has 1 atom stereocenters. The van der Waals surface area contributed by atoms with E-state index in [1.165, 1.54) is 24.1 Å². The first kappa shape index (κ1) is 30.3. The van der Waals surface area contributed by atoms with Crippen LogP contribution in [-0.4, -0.2) is 50.9 Å². The van der Waals surface area contributed by atoms with E-state index in [4.69, 9.17) is 27.9 Å². The van der Waals surface area contributed by atoms with E-state index in [0.29, 0.717) is 21.4 Å². The predicted molar refractivity (Wildman–Crippen MR) is 154 cm³/mol. The van der Waals surface area contributed by atoms with Gasteiger partial charge in [-0.2, -0.15) is 0 Å².